The number of benzene rings is 3. The summed E-state index contributed by atoms with van der Waals surface area (Å²) in [5, 5.41) is 0. The molecule has 5 nitrogen and oxygen atoms in total. The molecule has 1 aliphatic rings. The molecule has 7 heteroatoms. The van der Waals surface area contributed by atoms with Crippen molar-refractivity contribution in [3.63, 3.8) is 0 Å². The maximum absolute atomic E-state index is 13.1. The molecular weight excluding hydrogens is 466 g/mol. The summed E-state index contributed by atoms with van der Waals surface area (Å²) in [6.07, 6.45) is 1.77. The number of esters is 1. The van der Waals surface area contributed by atoms with Crippen LogP contribution >= 0.6 is 24.0 Å². The van der Waals surface area contributed by atoms with Crippen LogP contribution in [0.15, 0.2) is 77.7 Å². The molecule has 1 heterocycles. The quantitative estimate of drug-likeness (QED) is 0.178. The van der Waals surface area contributed by atoms with Crippen LogP contribution in [0.5, 0.6) is 11.5 Å². The van der Waals surface area contributed by atoms with Crippen molar-refractivity contribution in [2.24, 2.45) is 0 Å². The van der Waals surface area contributed by atoms with Gasteiger partial charge in [-0.25, -0.2) is 4.79 Å². The van der Waals surface area contributed by atoms with Crippen LogP contribution in [0.2, 0.25) is 0 Å². The Morgan fingerprint density at radius 2 is 1.74 bits per heavy atom. The number of thioether (sulfide) groups is 1. The molecule has 0 saturated carbocycles. The van der Waals surface area contributed by atoms with Gasteiger partial charge in [-0.3, -0.25) is 9.69 Å². The summed E-state index contributed by atoms with van der Waals surface area (Å²) < 4.78 is 11.5. The first kappa shape index (κ1) is 23.7. The summed E-state index contributed by atoms with van der Waals surface area (Å²) in [7, 11) is 1.50. The minimum absolute atomic E-state index is 0.139. The second-order valence-corrected chi connectivity index (χ2v) is 9.48. The van der Waals surface area contributed by atoms with E-state index in [9.17, 15) is 9.59 Å². The molecule has 0 radical (unpaired) electrons. The zero-order valence-electron chi connectivity index (χ0n) is 19.0. The van der Waals surface area contributed by atoms with Crippen LogP contribution in [-0.2, 0) is 4.79 Å². The molecule has 0 aromatic heterocycles. The van der Waals surface area contributed by atoms with E-state index in [0.717, 1.165) is 16.7 Å². The molecule has 34 heavy (non-hydrogen) atoms. The van der Waals surface area contributed by atoms with E-state index in [0.29, 0.717) is 26.3 Å². The first-order valence-electron chi connectivity index (χ1n) is 10.7. The highest BCUT2D eigenvalue weighted by Crippen LogP contribution is 2.39. The predicted molar refractivity (Wildman–Crippen MR) is 139 cm³/mol. The van der Waals surface area contributed by atoms with Crippen LogP contribution in [0, 0.1) is 6.92 Å². The van der Waals surface area contributed by atoms with E-state index in [1.54, 1.807) is 41.3 Å². The van der Waals surface area contributed by atoms with Crippen LogP contribution in [-0.4, -0.2) is 28.2 Å². The lowest BCUT2D eigenvalue weighted by Gasteiger charge is -2.23. The Kier molecular flexibility index (Phi) is 7.14. The van der Waals surface area contributed by atoms with Gasteiger partial charge in [0.05, 0.1) is 23.6 Å². The van der Waals surface area contributed by atoms with Crippen molar-refractivity contribution in [1.29, 1.82) is 0 Å². The van der Waals surface area contributed by atoms with Gasteiger partial charge >= 0.3 is 5.97 Å². The van der Waals surface area contributed by atoms with E-state index in [1.807, 2.05) is 56.3 Å². The molecule has 172 valence electrons. The van der Waals surface area contributed by atoms with Gasteiger partial charge in [0.1, 0.15) is 4.32 Å². The number of nitrogens with zero attached hydrogens (tertiary/aromatic N) is 1. The van der Waals surface area contributed by atoms with Crippen molar-refractivity contribution in [3.05, 3.63) is 100.0 Å². The summed E-state index contributed by atoms with van der Waals surface area (Å²) in [6, 6.07) is 21.9. The van der Waals surface area contributed by atoms with E-state index in [-0.39, 0.29) is 11.9 Å². The van der Waals surface area contributed by atoms with E-state index in [1.165, 1.54) is 18.9 Å². The second-order valence-electron chi connectivity index (χ2n) is 7.80. The number of hydrogen-bond donors (Lipinski definition) is 0. The lowest BCUT2D eigenvalue weighted by atomic mass is 10.1. The zero-order chi connectivity index (χ0) is 24.2. The summed E-state index contributed by atoms with van der Waals surface area (Å²) >= 11 is 6.77. The molecule has 1 amide bonds. The van der Waals surface area contributed by atoms with Gasteiger partial charge in [-0.1, -0.05) is 78.1 Å². The third-order valence-corrected chi connectivity index (χ3v) is 6.80. The van der Waals surface area contributed by atoms with Crippen LogP contribution in [0.4, 0.5) is 0 Å². The molecule has 0 unspecified atom stereocenters. The number of thiocarbonyl (C=S) groups is 1. The van der Waals surface area contributed by atoms with Crippen LogP contribution < -0.4 is 9.47 Å². The Hall–Kier alpha value is -3.42. The highest BCUT2D eigenvalue weighted by Gasteiger charge is 2.35. The Bertz CT molecular complexity index is 1270. The lowest BCUT2D eigenvalue weighted by molar-refractivity contribution is -0.123. The molecule has 1 fully saturated rings. The standard InChI is InChI=1S/C27H23NO4S2/c1-17-9-12-21(13-10-17)26(30)32-22-14-11-19(15-23(22)31-3)16-24-25(29)28(27(33)34-24)18(2)20-7-5-4-6-8-20/h4-16,18H,1-3H3/b24-16+/t18-/m0/s1. The lowest BCUT2D eigenvalue weighted by Crippen LogP contribution is -2.30. The number of rotatable bonds is 6. The molecule has 0 aliphatic carbocycles. The number of amides is 1. The maximum atomic E-state index is 13.1. The Labute approximate surface area is 208 Å². The summed E-state index contributed by atoms with van der Waals surface area (Å²) in [5.41, 5.74) is 3.26. The normalized spacial score (nSPS) is 15.5. The molecule has 0 bridgehead atoms. The van der Waals surface area contributed by atoms with Gasteiger partial charge in [0, 0.05) is 0 Å². The van der Waals surface area contributed by atoms with E-state index >= 15 is 0 Å². The number of carbonyl (C=O) groups excluding carboxylic acids is 2. The summed E-state index contributed by atoms with van der Waals surface area (Å²) in [6.45, 7) is 3.91. The van der Waals surface area contributed by atoms with Gasteiger partial charge in [0.2, 0.25) is 0 Å². The zero-order valence-corrected chi connectivity index (χ0v) is 20.6. The monoisotopic (exact) mass is 489 g/mol. The maximum Gasteiger partial charge on any atom is 0.343 e. The van der Waals surface area contributed by atoms with Crippen LogP contribution in [0.3, 0.4) is 0 Å². The average Bonchev–Trinajstić information content (AvgIpc) is 3.12. The fourth-order valence-corrected chi connectivity index (χ4v) is 4.97. The number of ether oxygens (including phenoxy) is 2. The highest BCUT2D eigenvalue weighted by atomic mass is 32.2. The molecule has 1 atom stereocenters. The second kappa shape index (κ2) is 10.2. The van der Waals surface area contributed by atoms with Crippen LogP contribution in [0.25, 0.3) is 6.08 Å². The molecule has 1 aliphatic heterocycles. The SMILES string of the molecule is COc1cc(/C=C2/SC(=S)N([C@@H](C)c3ccccc3)C2=O)ccc1OC(=O)c1ccc(C)cc1. The van der Waals surface area contributed by atoms with Crippen molar-refractivity contribution in [3.8, 4) is 11.5 Å². The van der Waals surface area contributed by atoms with Gasteiger partial charge < -0.3 is 9.47 Å². The minimum Gasteiger partial charge on any atom is -0.493 e. The van der Waals surface area contributed by atoms with Crippen molar-refractivity contribution in [2.45, 2.75) is 19.9 Å². The van der Waals surface area contributed by atoms with Gasteiger partial charge in [-0.2, -0.15) is 0 Å². The highest BCUT2D eigenvalue weighted by molar-refractivity contribution is 8.26. The molecule has 0 spiro atoms. The third kappa shape index (κ3) is 5.05. The first-order chi connectivity index (χ1) is 16.4. The van der Waals surface area contributed by atoms with Crippen molar-refractivity contribution in [2.75, 3.05) is 7.11 Å². The molecule has 4 rings (SSSR count). The molecule has 0 N–H and O–H groups in total. The number of aryl methyl sites for hydroxylation is 1. The fraction of sp³-hybridized carbons (Fsp3) is 0.148. The average molecular weight is 490 g/mol. The topological polar surface area (TPSA) is 55.8 Å². The smallest absolute Gasteiger partial charge is 0.343 e. The van der Waals surface area contributed by atoms with Gasteiger partial charge in [-0.05, 0) is 55.3 Å². The molecule has 3 aromatic carbocycles. The number of carbonyl (C=O) groups is 2. The van der Waals surface area contributed by atoms with Gasteiger partial charge in [0.25, 0.3) is 5.91 Å². The Balaban J connectivity index is 1.54. The number of methoxy groups -OCH3 is 1. The van der Waals surface area contributed by atoms with Crippen molar-refractivity contribution in [1.82, 2.24) is 4.90 Å². The van der Waals surface area contributed by atoms with Gasteiger partial charge in [0.15, 0.2) is 11.5 Å². The predicted octanol–water partition coefficient (Wildman–Crippen LogP) is 6.19. The minimum atomic E-state index is -0.471. The van der Waals surface area contributed by atoms with E-state index in [4.69, 9.17) is 21.7 Å². The Morgan fingerprint density at radius 1 is 1.03 bits per heavy atom. The largest absolute Gasteiger partial charge is 0.493 e. The van der Waals surface area contributed by atoms with E-state index in [2.05, 4.69) is 0 Å². The molecule has 3 aromatic rings. The van der Waals surface area contributed by atoms with E-state index < -0.39 is 5.97 Å². The van der Waals surface area contributed by atoms with Crippen molar-refractivity contribution < 1.29 is 19.1 Å². The summed E-state index contributed by atoms with van der Waals surface area (Å²) in [5.74, 6) is 0.0832. The molecule has 1 saturated heterocycles. The fourth-order valence-electron chi connectivity index (χ4n) is 3.55. The van der Waals surface area contributed by atoms with Gasteiger partial charge in [-0.15, -0.1) is 0 Å². The molecular formula is C27H23NO4S2. The number of hydrogen-bond acceptors (Lipinski definition) is 6. The first-order valence-corrected chi connectivity index (χ1v) is 11.9. The summed E-state index contributed by atoms with van der Waals surface area (Å²) in [4.78, 5) is 27.8. The van der Waals surface area contributed by atoms with Crippen molar-refractivity contribution >= 4 is 46.3 Å². The third-order valence-electron chi connectivity index (χ3n) is 5.47. The van der Waals surface area contributed by atoms with Crippen LogP contribution in [0.1, 0.15) is 40.0 Å². The Morgan fingerprint density at radius 3 is 2.41 bits per heavy atom.